The molecule has 1 atom stereocenters. The fourth-order valence-corrected chi connectivity index (χ4v) is 5.49. The van der Waals surface area contributed by atoms with Gasteiger partial charge < -0.3 is 4.90 Å². The summed E-state index contributed by atoms with van der Waals surface area (Å²) < 4.78 is 52.5. The standard InChI is InChI=1S/C30H35N3O5S2/c1-4-9-26(13-8-12-24-10-6-5-7-11-24)31-32-40(37,38)29-21-17-27(18-22-29)33(2)30(34)23-16-25-14-19-28(20-15-25)39(3,35)36/h5-7,10-11,14-23,26H,4,8-9,12-13H2,1-3H3/b23-16+,32-31?. The summed E-state index contributed by atoms with van der Waals surface area (Å²) in [5, 5.41) is 4.18. The third-order valence-corrected chi connectivity index (χ3v) is 8.67. The van der Waals surface area contributed by atoms with Gasteiger partial charge in [0.2, 0.25) is 0 Å². The number of likely N-dealkylation sites (N-methyl/N-ethyl adjacent to an activating group) is 1. The van der Waals surface area contributed by atoms with Crippen molar-refractivity contribution < 1.29 is 21.6 Å². The third kappa shape index (κ3) is 9.24. The van der Waals surface area contributed by atoms with E-state index >= 15 is 0 Å². The molecule has 0 radical (unpaired) electrons. The molecule has 8 nitrogen and oxygen atoms in total. The number of rotatable bonds is 13. The summed E-state index contributed by atoms with van der Waals surface area (Å²) in [7, 11) is -5.69. The second kappa shape index (κ2) is 14.1. The SMILES string of the molecule is CCCC(CCCc1ccccc1)N=NS(=O)(=O)c1ccc(N(C)C(=O)/C=C/c2ccc(S(C)(=O)=O)cc2)cc1. The molecule has 0 saturated carbocycles. The zero-order valence-electron chi connectivity index (χ0n) is 23.0. The minimum Gasteiger partial charge on any atom is -0.312 e. The minimum atomic E-state index is -3.98. The van der Waals surface area contributed by atoms with Crippen LogP contribution in [0.3, 0.4) is 0 Å². The monoisotopic (exact) mass is 581 g/mol. The van der Waals surface area contributed by atoms with Gasteiger partial charge >= 0.3 is 0 Å². The van der Waals surface area contributed by atoms with E-state index < -0.39 is 19.9 Å². The van der Waals surface area contributed by atoms with Gasteiger partial charge in [-0.25, -0.2) is 8.42 Å². The van der Waals surface area contributed by atoms with Gasteiger partial charge in [0.25, 0.3) is 15.9 Å². The highest BCUT2D eigenvalue weighted by molar-refractivity contribution is 7.90. The minimum absolute atomic E-state index is 0.00175. The Labute approximate surface area is 237 Å². The van der Waals surface area contributed by atoms with Crippen molar-refractivity contribution in [3.8, 4) is 0 Å². The molecule has 0 saturated heterocycles. The smallest absolute Gasteiger partial charge is 0.299 e. The first-order chi connectivity index (χ1) is 19.0. The van der Waals surface area contributed by atoms with Crippen LogP contribution < -0.4 is 4.90 Å². The molecule has 0 bridgehead atoms. The Morgan fingerprint density at radius 3 is 2.10 bits per heavy atom. The van der Waals surface area contributed by atoms with Gasteiger partial charge in [0, 0.05) is 25.1 Å². The van der Waals surface area contributed by atoms with E-state index in [1.165, 1.54) is 40.8 Å². The zero-order chi connectivity index (χ0) is 29.2. The van der Waals surface area contributed by atoms with E-state index in [1.54, 1.807) is 37.4 Å². The lowest BCUT2D eigenvalue weighted by atomic mass is 10.0. The van der Waals surface area contributed by atoms with E-state index in [1.807, 2.05) is 25.1 Å². The van der Waals surface area contributed by atoms with Gasteiger partial charge in [-0.1, -0.05) is 60.3 Å². The van der Waals surface area contributed by atoms with Gasteiger partial charge in [-0.2, -0.15) is 13.5 Å². The number of nitrogens with zero attached hydrogens (tertiary/aromatic N) is 3. The van der Waals surface area contributed by atoms with Crippen LogP contribution in [0.25, 0.3) is 6.08 Å². The highest BCUT2D eigenvalue weighted by Crippen LogP contribution is 2.21. The Balaban J connectivity index is 1.61. The Bertz CT molecular complexity index is 1530. The molecule has 10 heteroatoms. The maximum absolute atomic E-state index is 12.8. The molecule has 3 aromatic rings. The van der Waals surface area contributed by atoms with Crippen molar-refractivity contribution in [3.05, 3.63) is 96.1 Å². The van der Waals surface area contributed by atoms with Gasteiger partial charge in [-0.05, 0) is 79.3 Å². The second-order valence-corrected chi connectivity index (χ2v) is 13.2. The maximum atomic E-state index is 12.8. The van der Waals surface area contributed by atoms with Gasteiger partial charge in [0.05, 0.1) is 15.8 Å². The van der Waals surface area contributed by atoms with Crippen molar-refractivity contribution in [3.63, 3.8) is 0 Å². The summed E-state index contributed by atoms with van der Waals surface area (Å²) in [6.45, 7) is 2.04. The molecule has 3 aromatic carbocycles. The molecule has 0 aromatic heterocycles. The quantitative estimate of drug-likeness (QED) is 0.179. The summed E-state index contributed by atoms with van der Waals surface area (Å²) in [6.07, 6.45) is 8.26. The molecule has 0 heterocycles. The number of hydrogen-bond acceptors (Lipinski definition) is 6. The molecule has 1 amide bonds. The predicted molar refractivity (Wildman–Crippen MR) is 159 cm³/mol. The van der Waals surface area contributed by atoms with Crippen LogP contribution in [0.4, 0.5) is 5.69 Å². The van der Waals surface area contributed by atoms with Gasteiger partial charge in [-0.3, -0.25) is 4.79 Å². The highest BCUT2D eigenvalue weighted by atomic mass is 32.2. The molecule has 0 aliphatic heterocycles. The number of benzene rings is 3. The Hall–Kier alpha value is -3.63. The van der Waals surface area contributed by atoms with Crippen LogP contribution in [0.2, 0.25) is 0 Å². The number of aryl methyl sites for hydroxylation is 1. The number of sulfonamides is 1. The number of anilines is 1. The number of carbonyl (C=O) groups excluding carboxylic acids is 1. The van der Waals surface area contributed by atoms with Crippen LogP contribution in [0.1, 0.15) is 43.7 Å². The van der Waals surface area contributed by atoms with Crippen molar-refractivity contribution in [1.82, 2.24) is 0 Å². The lowest BCUT2D eigenvalue weighted by Gasteiger charge is -2.15. The fourth-order valence-electron chi connectivity index (χ4n) is 4.03. The van der Waals surface area contributed by atoms with Crippen LogP contribution in [-0.4, -0.2) is 42.1 Å². The number of amides is 1. The van der Waals surface area contributed by atoms with Crippen molar-refractivity contribution >= 4 is 37.5 Å². The molecular formula is C30H35N3O5S2. The summed E-state index contributed by atoms with van der Waals surface area (Å²) in [4.78, 5) is 14.2. The Kier molecular flexibility index (Phi) is 10.9. The molecular weight excluding hydrogens is 546 g/mol. The summed E-state index contributed by atoms with van der Waals surface area (Å²) in [6, 6.07) is 22.1. The van der Waals surface area contributed by atoms with Crippen LogP contribution in [-0.2, 0) is 31.1 Å². The van der Waals surface area contributed by atoms with Crippen molar-refractivity contribution in [2.24, 2.45) is 9.63 Å². The van der Waals surface area contributed by atoms with Crippen molar-refractivity contribution in [1.29, 1.82) is 0 Å². The summed E-state index contributed by atoms with van der Waals surface area (Å²) in [5.74, 6) is -0.333. The highest BCUT2D eigenvalue weighted by Gasteiger charge is 2.16. The van der Waals surface area contributed by atoms with Crippen molar-refractivity contribution in [2.75, 3.05) is 18.2 Å². The molecule has 40 heavy (non-hydrogen) atoms. The first-order valence-corrected chi connectivity index (χ1v) is 16.4. The zero-order valence-corrected chi connectivity index (χ0v) is 24.6. The maximum Gasteiger partial charge on any atom is 0.299 e. The Morgan fingerprint density at radius 2 is 1.50 bits per heavy atom. The van der Waals surface area contributed by atoms with Crippen LogP contribution in [0.5, 0.6) is 0 Å². The lowest BCUT2D eigenvalue weighted by Crippen LogP contribution is -2.23. The lowest BCUT2D eigenvalue weighted by molar-refractivity contribution is -0.113. The molecule has 3 rings (SSSR count). The fraction of sp³-hybridized carbons (Fsp3) is 0.300. The largest absolute Gasteiger partial charge is 0.312 e. The number of carbonyl (C=O) groups is 1. The van der Waals surface area contributed by atoms with E-state index in [-0.39, 0.29) is 21.7 Å². The molecule has 0 aliphatic rings. The van der Waals surface area contributed by atoms with E-state index in [0.29, 0.717) is 11.3 Å². The molecule has 212 valence electrons. The average molecular weight is 582 g/mol. The van der Waals surface area contributed by atoms with Gasteiger partial charge in [0.1, 0.15) is 0 Å². The van der Waals surface area contributed by atoms with E-state index in [4.69, 9.17) is 0 Å². The third-order valence-electron chi connectivity index (χ3n) is 6.36. The predicted octanol–water partition coefficient (Wildman–Crippen LogP) is 6.10. The van der Waals surface area contributed by atoms with Gasteiger partial charge in [0.15, 0.2) is 9.84 Å². The topological polar surface area (TPSA) is 113 Å². The molecule has 0 aliphatic carbocycles. The normalized spacial score (nSPS) is 13.1. The van der Waals surface area contributed by atoms with Crippen molar-refractivity contribution in [2.45, 2.75) is 54.9 Å². The van der Waals surface area contributed by atoms with Crippen LogP contribution in [0, 0.1) is 0 Å². The second-order valence-electron chi connectivity index (χ2n) is 9.56. The first kappa shape index (κ1) is 30.9. The molecule has 0 N–H and O–H groups in total. The molecule has 0 fully saturated rings. The van der Waals surface area contributed by atoms with E-state index in [0.717, 1.165) is 38.4 Å². The van der Waals surface area contributed by atoms with E-state index in [9.17, 15) is 21.6 Å². The van der Waals surface area contributed by atoms with E-state index in [2.05, 4.69) is 21.8 Å². The molecule has 1 unspecified atom stereocenters. The number of hydrogen-bond donors (Lipinski definition) is 0. The summed E-state index contributed by atoms with van der Waals surface area (Å²) >= 11 is 0. The number of sulfone groups is 1. The summed E-state index contributed by atoms with van der Waals surface area (Å²) in [5.41, 5.74) is 2.41. The molecule has 0 spiro atoms. The Morgan fingerprint density at radius 1 is 0.875 bits per heavy atom. The first-order valence-electron chi connectivity index (χ1n) is 13.1. The van der Waals surface area contributed by atoms with Crippen LogP contribution >= 0.6 is 0 Å². The van der Waals surface area contributed by atoms with Gasteiger partial charge in [-0.15, -0.1) is 0 Å². The average Bonchev–Trinajstić information content (AvgIpc) is 2.94. The van der Waals surface area contributed by atoms with Crippen LogP contribution in [0.15, 0.2) is 104 Å².